The van der Waals surface area contributed by atoms with Crippen molar-refractivity contribution < 1.29 is 18.7 Å². The fourth-order valence-corrected chi connectivity index (χ4v) is 3.04. The summed E-state index contributed by atoms with van der Waals surface area (Å²) in [6, 6.07) is 6.13. The molecule has 1 heterocycles. The van der Waals surface area contributed by atoms with Crippen molar-refractivity contribution in [2.24, 2.45) is 5.41 Å². The van der Waals surface area contributed by atoms with E-state index in [1.807, 2.05) is 6.92 Å². The highest BCUT2D eigenvalue weighted by Gasteiger charge is 2.33. The van der Waals surface area contributed by atoms with Crippen LogP contribution in [-0.2, 0) is 9.53 Å². The van der Waals surface area contributed by atoms with Crippen molar-refractivity contribution in [2.45, 2.75) is 32.3 Å². The molecular formula is C18H28ClFN2O3. The van der Waals surface area contributed by atoms with Crippen LogP contribution < -0.4 is 15.4 Å². The number of methoxy groups -OCH3 is 1. The van der Waals surface area contributed by atoms with Crippen LogP contribution in [-0.4, -0.2) is 45.4 Å². The molecule has 0 radical (unpaired) electrons. The quantitative estimate of drug-likeness (QED) is 0.734. The maximum Gasteiger partial charge on any atom is 0.261 e. The lowest BCUT2D eigenvalue weighted by Gasteiger charge is -2.37. The van der Waals surface area contributed by atoms with Crippen LogP contribution in [0, 0.1) is 11.2 Å². The average molecular weight is 375 g/mol. The highest BCUT2D eigenvalue weighted by Crippen LogP contribution is 2.28. The second-order valence-corrected chi connectivity index (χ2v) is 6.35. The van der Waals surface area contributed by atoms with Crippen LogP contribution in [0.5, 0.6) is 5.75 Å². The molecule has 5 nitrogen and oxygen atoms in total. The van der Waals surface area contributed by atoms with Gasteiger partial charge in [-0.1, -0.05) is 19.1 Å². The van der Waals surface area contributed by atoms with Crippen molar-refractivity contribution in [3.05, 3.63) is 30.1 Å². The number of halogens is 2. The lowest BCUT2D eigenvalue weighted by Crippen LogP contribution is -2.49. The minimum atomic E-state index is -0.705. The van der Waals surface area contributed by atoms with Gasteiger partial charge in [-0.25, -0.2) is 4.39 Å². The van der Waals surface area contributed by atoms with E-state index in [0.717, 1.165) is 25.9 Å². The zero-order chi connectivity index (χ0) is 17.4. The molecule has 1 unspecified atom stereocenters. The number of benzene rings is 1. The Morgan fingerprint density at radius 2 is 2.04 bits per heavy atom. The van der Waals surface area contributed by atoms with Gasteiger partial charge in [0.1, 0.15) is 0 Å². The van der Waals surface area contributed by atoms with Gasteiger partial charge in [-0.15, -0.1) is 12.4 Å². The van der Waals surface area contributed by atoms with Gasteiger partial charge in [0.15, 0.2) is 17.7 Å². The van der Waals surface area contributed by atoms with Crippen molar-refractivity contribution in [1.29, 1.82) is 0 Å². The number of hydrogen-bond donors (Lipinski definition) is 2. The molecule has 142 valence electrons. The van der Waals surface area contributed by atoms with E-state index in [9.17, 15) is 9.18 Å². The third-order valence-corrected chi connectivity index (χ3v) is 4.52. The number of nitrogens with one attached hydrogen (secondary N) is 2. The second-order valence-electron chi connectivity index (χ2n) is 6.35. The summed E-state index contributed by atoms with van der Waals surface area (Å²) in [7, 11) is 1.68. The minimum Gasteiger partial charge on any atom is -0.478 e. The lowest BCUT2D eigenvalue weighted by atomic mass is 9.79. The first-order valence-corrected chi connectivity index (χ1v) is 8.49. The molecule has 1 atom stereocenters. The summed E-state index contributed by atoms with van der Waals surface area (Å²) in [6.45, 7) is 4.84. The molecule has 1 aromatic carbocycles. The summed E-state index contributed by atoms with van der Waals surface area (Å²) < 4.78 is 24.6. The summed E-state index contributed by atoms with van der Waals surface area (Å²) in [5, 5.41) is 6.30. The Bertz CT molecular complexity index is 533. The topological polar surface area (TPSA) is 59.6 Å². The van der Waals surface area contributed by atoms with Gasteiger partial charge in [-0.3, -0.25) is 4.79 Å². The van der Waals surface area contributed by atoms with E-state index in [1.165, 1.54) is 12.1 Å². The molecule has 1 aliphatic heterocycles. The first kappa shape index (κ1) is 21.7. The molecule has 2 N–H and O–H groups in total. The zero-order valence-corrected chi connectivity index (χ0v) is 15.7. The van der Waals surface area contributed by atoms with E-state index in [2.05, 4.69) is 10.6 Å². The summed E-state index contributed by atoms with van der Waals surface area (Å²) in [6.07, 6.45) is 1.67. The number of carbonyl (C=O) groups excluding carboxylic acids is 1. The number of piperidine rings is 1. The molecule has 1 saturated heterocycles. The van der Waals surface area contributed by atoms with E-state index in [4.69, 9.17) is 9.47 Å². The van der Waals surface area contributed by atoms with E-state index >= 15 is 0 Å². The predicted molar refractivity (Wildman–Crippen MR) is 97.8 cm³/mol. The van der Waals surface area contributed by atoms with Gasteiger partial charge in [0.05, 0.1) is 6.61 Å². The Labute approximate surface area is 155 Å². The van der Waals surface area contributed by atoms with Crippen LogP contribution >= 0.6 is 12.4 Å². The number of carbonyl (C=O) groups is 1. The van der Waals surface area contributed by atoms with Crippen LogP contribution in [0.3, 0.4) is 0 Å². The van der Waals surface area contributed by atoms with Gasteiger partial charge in [0.25, 0.3) is 5.91 Å². The van der Waals surface area contributed by atoms with Crippen molar-refractivity contribution in [3.8, 4) is 5.75 Å². The molecule has 1 amide bonds. The molecule has 0 aliphatic carbocycles. The summed E-state index contributed by atoms with van der Waals surface area (Å²) in [5.74, 6) is -0.569. The Kier molecular flexibility index (Phi) is 9.17. The third kappa shape index (κ3) is 6.13. The van der Waals surface area contributed by atoms with Gasteiger partial charge < -0.3 is 20.1 Å². The first-order chi connectivity index (χ1) is 11.6. The average Bonchev–Trinajstić information content (AvgIpc) is 2.60. The Morgan fingerprint density at radius 1 is 1.36 bits per heavy atom. The van der Waals surface area contributed by atoms with E-state index < -0.39 is 11.9 Å². The van der Waals surface area contributed by atoms with Gasteiger partial charge in [-0.05, 0) is 44.5 Å². The molecule has 25 heavy (non-hydrogen) atoms. The second kappa shape index (κ2) is 10.6. The summed E-state index contributed by atoms with van der Waals surface area (Å²) >= 11 is 0. The SMILES string of the molecule is CCC(Oc1ccccc1F)C(=O)NCC1(COC)CCNCC1.Cl. The standard InChI is InChI=1S/C18H27FN2O3.ClH/c1-3-15(24-16-7-5-4-6-14(16)19)17(22)21-12-18(13-23-2)8-10-20-11-9-18;/h4-7,15,20H,3,8-13H2,1-2H3,(H,21,22);1H. The molecule has 0 aromatic heterocycles. The van der Waals surface area contributed by atoms with Crippen molar-refractivity contribution in [2.75, 3.05) is 33.4 Å². The monoisotopic (exact) mass is 374 g/mol. The summed E-state index contributed by atoms with van der Waals surface area (Å²) in [5.41, 5.74) is -0.0497. The molecule has 2 rings (SSSR count). The number of hydrogen-bond acceptors (Lipinski definition) is 4. The molecule has 0 spiro atoms. The number of ether oxygens (including phenoxy) is 2. The fraction of sp³-hybridized carbons (Fsp3) is 0.611. The Hall–Kier alpha value is -1.37. The van der Waals surface area contributed by atoms with Crippen LogP contribution in [0.15, 0.2) is 24.3 Å². The first-order valence-electron chi connectivity index (χ1n) is 8.49. The van der Waals surface area contributed by atoms with E-state index in [1.54, 1.807) is 19.2 Å². The molecule has 1 aromatic rings. The maximum atomic E-state index is 13.7. The smallest absolute Gasteiger partial charge is 0.261 e. The number of para-hydroxylation sites is 1. The van der Waals surface area contributed by atoms with Crippen LogP contribution in [0.25, 0.3) is 0 Å². The highest BCUT2D eigenvalue weighted by molar-refractivity contribution is 5.85. The van der Waals surface area contributed by atoms with Crippen LogP contribution in [0.1, 0.15) is 26.2 Å². The van der Waals surface area contributed by atoms with Crippen molar-refractivity contribution in [3.63, 3.8) is 0 Å². The Morgan fingerprint density at radius 3 is 2.64 bits per heavy atom. The molecule has 7 heteroatoms. The molecule has 0 bridgehead atoms. The van der Waals surface area contributed by atoms with Crippen LogP contribution in [0.4, 0.5) is 4.39 Å². The molecular weight excluding hydrogens is 347 g/mol. The zero-order valence-electron chi connectivity index (χ0n) is 14.8. The molecule has 1 aliphatic rings. The minimum absolute atomic E-state index is 0. The normalized spacial score (nSPS) is 17.2. The van der Waals surface area contributed by atoms with Crippen LogP contribution in [0.2, 0.25) is 0 Å². The number of amides is 1. The van der Waals surface area contributed by atoms with Gasteiger partial charge in [0, 0.05) is 19.1 Å². The summed E-state index contributed by atoms with van der Waals surface area (Å²) in [4.78, 5) is 12.5. The van der Waals surface area contributed by atoms with Crippen molar-refractivity contribution >= 4 is 18.3 Å². The van der Waals surface area contributed by atoms with Crippen molar-refractivity contribution in [1.82, 2.24) is 10.6 Å². The van der Waals surface area contributed by atoms with Gasteiger partial charge >= 0.3 is 0 Å². The molecule has 1 fully saturated rings. The van der Waals surface area contributed by atoms with Gasteiger partial charge in [-0.2, -0.15) is 0 Å². The highest BCUT2D eigenvalue weighted by atomic mass is 35.5. The van der Waals surface area contributed by atoms with E-state index in [-0.39, 0.29) is 29.5 Å². The predicted octanol–water partition coefficient (Wildman–Crippen LogP) is 2.54. The lowest BCUT2D eigenvalue weighted by molar-refractivity contribution is -0.129. The Balaban J connectivity index is 0.00000312. The van der Waals surface area contributed by atoms with Gasteiger partial charge in [0.2, 0.25) is 0 Å². The van der Waals surface area contributed by atoms with E-state index in [0.29, 0.717) is 19.6 Å². The third-order valence-electron chi connectivity index (χ3n) is 4.52. The fourth-order valence-electron chi connectivity index (χ4n) is 3.04. The largest absolute Gasteiger partial charge is 0.478 e. The molecule has 0 saturated carbocycles. The number of rotatable bonds is 8. The maximum absolute atomic E-state index is 13.7.